The van der Waals surface area contributed by atoms with Gasteiger partial charge in [-0.1, -0.05) is 20.8 Å². The Balaban J connectivity index is 5.22. The quantitative estimate of drug-likeness (QED) is 0.726. The lowest BCUT2D eigenvalue weighted by molar-refractivity contribution is 0.0231. The van der Waals surface area contributed by atoms with E-state index in [2.05, 4.69) is 0 Å². The first-order valence-electron chi connectivity index (χ1n) is 7.32. The van der Waals surface area contributed by atoms with Crippen LogP contribution in [0.3, 0.4) is 0 Å². The van der Waals surface area contributed by atoms with Crippen LogP contribution in [-0.2, 0) is 4.43 Å². The van der Waals surface area contributed by atoms with E-state index in [0.29, 0.717) is 0 Å². The second kappa shape index (κ2) is 3.71. The Hall–Kier alpha value is 0.137. The second-order valence-electron chi connectivity index (χ2n) is 4.91. The van der Waals surface area contributed by atoms with Crippen LogP contribution in [0, 0.1) is 0 Å². The molecule has 0 aliphatic heterocycles. The van der Waals surface area contributed by atoms with Gasteiger partial charge >= 0.3 is 0 Å². The number of hydrogen-bond donors (Lipinski definition) is 1. The van der Waals surface area contributed by atoms with Crippen LogP contribution in [0.1, 0.15) is 42.7 Å². The minimum Gasteiger partial charge on any atom is -0.414 e. The Morgan fingerprint density at radius 3 is 2.08 bits per heavy atom. The van der Waals surface area contributed by atoms with Crippen LogP contribution in [0.2, 0.25) is 18.1 Å². The van der Waals surface area contributed by atoms with Crippen molar-refractivity contribution in [3.8, 4) is 0 Å². The first kappa shape index (κ1) is 5.88. The van der Waals surface area contributed by atoms with Crippen molar-refractivity contribution in [1.29, 1.82) is 0 Å². The summed E-state index contributed by atoms with van der Waals surface area (Å²) in [6, 6.07) is 0. The zero-order valence-corrected chi connectivity index (χ0v) is 10.1. The van der Waals surface area contributed by atoms with Gasteiger partial charge in [0, 0.05) is 8.22 Å². The summed E-state index contributed by atoms with van der Waals surface area (Å²) >= 11 is 0. The molecule has 0 amide bonds. The first-order valence-corrected chi connectivity index (χ1v) is 7.23. The smallest absolute Gasteiger partial charge is 0.192 e. The zero-order chi connectivity index (χ0) is 15.9. The third-order valence-corrected chi connectivity index (χ3v) is 6.93. The molecule has 0 aromatic rings. The fourth-order valence-electron chi connectivity index (χ4n) is 0.501. The van der Waals surface area contributed by atoms with Crippen LogP contribution in [0.15, 0.2) is 0 Å². The summed E-state index contributed by atoms with van der Waals surface area (Å²) in [4.78, 5) is 0. The normalized spacial score (nSPS) is 23.5. The van der Waals surface area contributed by atoms with Crippen LogP contribution in [0.4, 0.5) is 0 Å². The Morgan fingerprint density at radius 2 is 1.77 bits per heavy atom. The fourth-order valence-corrected chi connectivity index (χ4v) is 1.50. The van der Waals surface area contributed by atoms with Crippen molar-refractivity contribution in [3.05, 3.63) is 0 Å². The van der Waals surface area contributed by atoms with Gasteiger partial charge in [0.1, 0.15) is 0 Å². The Bertz CT molecular complexity index is 301. The van der Waals surface area contributed by atoms with Crippen molar-refractivity contribution in [2.24, 2.45) is 0 Å². The molecule has 0 aromatic heterocycles. The summed E-state index contributed by atoms with van der Waals surface area (Å²) in [6.07, 6.45) is 0. The van der Waals surface area contributed by atoms with E-state index < -0.39 is 34.2 Å². The molecule has 0 heterocycles. The van der Waals surface area contributed by atoms with Crippen LogP contribution >= 0.6 is 0 Å². The minimum absolute atomic E-state index is 0.197. The highest BCUT2D eigenvalue weighted by Gasteiger charge is 2.38. The SMILES string of the molecule is [2H]C([2H])([2H])C(O)(CO[Si](C)(C)C(C)(C)C)C([2H])([2H])[2H]. The van der Waals surface area contributed by atoms with Gasteiger partial charge in [0.15, 0.2) is 8.32 Å². The minimum atomic E-state index is -3.03. The molecule has 3 heteroatoms. The van der Waals surface area contributed by atoms with Gasteiger partial charge in [0.25, 0.3) is 0 Å². The summed E-state index contributed by atoms with van der Waals surface area (Å²) in [6.45, 7) is 2.81. The van der Waals surface area contributed by atoms with Crippen LogP contribution in [0.25, 0.3) is 0 Å². The van der Waals surface area contributed by atoms with Gasteiger partial charge in [-0.25, -0.2) is 0 Å². The first-order chi connectivity index (χ1) is 7.96. The predicted octanol–water partition coefficient (Wildman–Crippen LogP) is 2.78. The molecule has 0 saturated carbocycles. The lowest BCUT2D eigenvalue weighted by Gasteiger charge is -2.37. The van der Waals surface area contributed by atoms with Gasteiger partial charge in [-0.2, -0.15) is 0 Å². The highest BCUT2D eigenvalue weighted by molar-refractivity contribution is 6.74. The fraction of sp³-hybridized carbons (Fsp3) is 1.00. The largest absolute Gasteiger partial charge is 0.414 e. The lowest BCUT2D eigenvalue weighted by atomic mass is 10.2. The molecule has 0 fully saturated rings. The topological polar surface area (TPSA) is 29.5 Å². The van der Waals surface area contributed by atoms with E-state index in [9.17, 15) is 5.11 Å². The Labute approximate surface area is 91.9 Å². The van der Waals surface area contributed by atoms with E-state index in [-0.39, 0.29) is 5.04 Å². The predicted molar refractivity (Wildman–Crippen MR) is 59.4 cm³/mol. The summed E-state index contributed by atoms with van der Waals surface area (Å²) in [7, 11) is -2.33. The van der Waals surface area contributed by atoms with E-state index in [0.717, 1.165) is 0 Å². The van der Waals surface area contributed by atoms with Gasteiger partial charge in [-0.05, 0) is 31.8 Å². The van der Waals surface area contributed by atoms with Crippen molar-refractivity contribution in [3.63, 3.8) is 0 Å². The van der Waals surface area contributed by atoms with Crippen molar-refractivity contribution < 1.29 is 17.8 Å². The number of aliphatic hydroxyl groups is 1. The maximum atomic E-state index is 10.1. The average Bonchev–Trinajstić information content (AvgIpc) is 2.08. The van der Waals surface area contributed by atoms with Crippen LogP contribution in [0.5, 0.6) is 0 Å². The third kappa shape index (κ3) is 4.79. The van der Waals surface area contributed by atoms with Gasteiger partial charge < -0.3 is 9.53 Å². The Morgan fingerprint density at radius 1 is 1.31 bits per heavy atom. The second-order valence-corrected chi connectivity index (χ2v) is 9.72. The molecule has 0 saturated heterocycles. The van der Waals surface area contributed by atoms with Crippen molar-refractivity contribution in [2.45, 2.75) is 58.2 Å². The molecule has 13 heavy (non-hydrogen) atoms. The third-order valence-electron chi connectivity index (χ3n) is 2.45. The molecule has 0 spiro atoms. The van der Waals surface area contributed by atoms with E-state index in [1.165, 1.54) is 0 Å². The molecule has 1 N–H and O–H groups in total. The molecule has 0 atom stereocenters. The van der Waals surface area contributed by atoms with Gasteiger partial charge in [-0.3, -0.25) is 0 Å². The monoisotopic (exact) mass is 210 g/mol. The zero-order valence-electron chi connectivity index (χ0n) is 15.1. The highest BCUT2D eigenvalue weighted by Crippen LogP contribution is 2.36. The molecule has 2 nitrogen and oxygen atoms in total. The number of hydrogen-bond acceptors (Lipinski definition) is 2. The van der Waals surface area contributed by atoms with Gasteiger partial charge in [-0.15, -0.1) is 0 Å². The maximum absolute atomic E-state index is 10.1. The van der Waals surface area contributed by atoms with E-state index in [1.54, 1.807) is 0 Å². The molecule has 0 rings (SSSR count). The standard InChI is InChI=1S/C10H24O2Si/c1-9(2,3)13(6,7)12-8-10(4,5)11/h11H,8H2,1-7H3/i4D3,5D3. The molecular formula is C10H24O2Si. The van der Waals surface area contributed by atoms with E-state index >= 15 is 0 Å². The van der Waals surface area contributed by atoms with Gasteiger partial charge in [0.05, 0.1) is 12.2 Å². The molecule has 0 radical (unpaired) electrons. The molecule has 0 unspecified atom stereocenters. The summed E-state index contributed by atoms with van der Waals surface area (Å²) < 4.78 is 49.2. The van der Waals surface area contributed by atoms with Crippen molar-refractivity contribution in [2.75, 3.05) is 6.61 Å². The summed E-state index contributed by atoms with van der Waals surface area (Å²) in [5.41, 5.74) is -2.84. The highest BCUT2D eigenvalue weighted by atomic mass is 28.4. The molecule has 80 valence electrons. The lowest BCUT2D eigenvalue weighted by Crippen LogP contribution is -2.44. The maximum Gasteiger partial charge on any atom is 0.192 e. The average molecular weight is 210 g/mol. The number of rotatable bonds is 3. The summed E-state index contributed by atoms with van der Waals surface area (Å²) in [5, 5.41) is 9.89. The van der Waals surface area contributed by atoms with Crippen LogP contribution < -0.4 is 0 Å². The molecule has 0 aromatic carbocycles. The van der Waals surface area contributed by atoms with Crippen molar-refractivity contribution in [1.82, 2.24) is 0 Å². The van der Waals surface area contributed by atoms with Crippen molar-refractivity contribution >= 4 is 8.32 Å². The van der Waals surface area contributed by atoms with E-state index in [4.69, 9.17) is 12.7 Å². The molecular weight excluding hydrogens is 180 g/mol. The van der Waals surface area contributed by atoms with Crippen LogP contribution in [-0.4, -0.2) is 25.6 Å². The molecule has 0 bridgehead atoms. The molecule has 0 aliphatic carbocycles. The van der Waals surface area contributed by atoms with Gasteiger partial charge in [0.2, 0.25) is 0 Å². The van der Waals surface area contributed by atoms with E-state index in [1.807, 2.05) is 33.9 Å². The Kier molecular flexibility index (Phi) is 1.68. The molecule has 0 aliphatic rings. The summed E-state index contributed by atoms with van der Waals surface area (Å²) in [5.74, 6) is 0.